The van der Waals surface area contributed by atoms with E-state index in [1.165, 1.54) is 17.0 Å². The standard InChI is InChI=1S/C18H23ClN4O3S2/c1-13(14-2-5-16(6-3-14)28(20,25)26)21-18(24)23-10-8-22(9-11-23)12-15-4-7-17(19)27-15/h2-7,13H,8-12H2,1H3,(H,21,24)(H2,20,25,26)/t13-/m0/s1. The first-order valence-electron chi connectivity index (χ1n) is 8.87. The fourth-order valence-electron chi connectivity index (χ4n) is 3.07. The summed E-state index contributed by atoms with van der Waals surface area (Å²) < 4.78 is 23.5. The van der Waals surface area contributed by atoms with E-state index in [4.69, 9.17) is 16.7 Å². The van der Waals surface area contributed by atoms with Crippen molar-refractivity contribution in [1.29, 1.82) is 0 Å². The third-order valence-electron chi connectivity index (χ3n) is 4.72. The Balaban J connectivity index is 1.49. The van der Waals surface area contributed by atoms with Crippen LogP contribution >= 0.6 is 22.9 Å². The van der Waals surface area contributed by atoms with Gasteiger partial charge in [0.15, 0.2) is 0 Å². The van der Waals surface area contributed by atoms with E-state index in [-0.39, 0.29) is 17.0 Å². The fourth-order valence-corrected chi connectivity index (χ4v) is 4.72. The molecule has 28 heavy (non-hydrogen) atoms. The van der Waals surface area contributed by atoms with Gasteiger partial charge in [0.2, 0.25) is 10.0 Å². The van der Waals surface area contributed by atoms with Crippen LogP contribution in [0.4, 0.5) is 4.79 Å². The second kappa shape index (κ2) is 8.79. The number of halogens is 1. The minimum absolute atomic E-state index is 0.0536. The summed E-state index contributed by atoms with van der Waals surface area (Å²) in [6.07, 6.45) is 0. The SMILES string of the molecule is C[C@H](NC(=O)N1CCN(Cc2ccc(Cl)s2)CC1)c1ccc(S(N)(=O)=O)cc1. The highest BCUT2D eigenvalue weighted by Gasteiger charge is 2.23. The van der Waals surface area contributed by atoms with Crippen molar-refractivity contribution in [2.75, 3.05) is 26.2 Å². The summed E-state index contributed by atoms with van der Waals surface area (Å²) in [5.74, 6) is 0. The number of piperazine rings is 1. The first-order chi connectivity index (χ1) is 13.2. The monoisotopic (exact) mass is 442 g/mol. The van der Waals surface area contributed by atoms with Crippen LogP contribution in [0.5, 0.6) is 0 Å². The average Bonchev–Trinajstić information content (AvgIpc) is 3.06. The van der Waals surface area contributed by atoms with Crippen molar-refractivity contribution in [1.82, 2.24) is 15.1 Å². The molecule has 1 fully saturated rings. The highest BCUT2D eigenvalue weighted by Crippen LogP contribution is 2.23. The van der Waals surface area contributed by atoms with Crippen LogP contribution < -0.4 is 10.5 Å². The molecule has 2 amide bonds. The number of primary sulfonamides is 1. The van der Waals surface area contributed by atoms with E-state index in [1.807, 2.05) is 19.1 Å². The van der Waals surface area contributed by atoms with Gasteiger partial charge in [0, 0.05) is 37.6 Å². The molecule has 7 nitrogen and oxygen atoms in total. The molecule has 0 bridgehead atoms. The van der Waals surface area contributed by atoms with E-state index in [0.717, 1.165) is 29.5 Å². The molecule has 3 rings (SSSR count). The zero-order chi connectivity index (χ0) is 20.3. The number of sulfonamides is 1. The number of hydrogen-bond donors (Lipinski definition) is 2. The van der Waals surface area contributed by atoms with Crippen molar-refractivity contribution in [2.45, 2.75) is 24.4 Å². The lowest BCUT2D eigenvalue weighted by Crippen LogP contribution is -2.51. The molecule has 1 saturated heterocycles. The number of carbonyl (C=O) groups excluding carboxylic acids is 1. The highest BCUT2D eigenvalue weighted by molar-refractivity contribution is 7.89. The second-order valence-corrected chi connectivity index (χ2v) is 10.1. The van der Waals surface area contributed by atoms with Crippen molar-refractivity contribution >= 4 is 39.0 Å². The van der Waals surface area contributed by atoms with E-state index in [9.17, 15) is 13.2 Å². The molecule has 0 saturated carbocycles. The van der Waals surface area contributed by atoms with E-state index >= 15 is 0 Å². The second-order valence-electron chi connectivity index (χ2n) is 6.75. The van der Waals surface area contributed by atoms with Gasteiger partial charge in [-0.05, 0) is 36.8 Å². The number of thiophene rings is 1. The molecule has 1 aliphatic rings. The molecular weight excluding hydrogens is 420 g/mol. The lowest BCUT2D eigenvalue weighted by atomic mass is 10.1. The number of nitrogens with two attached hydrogens (primary N) is 1. The third kappa shape index (κ3) is 5.45. The topological polar surface area (TPSA) is 95.7 Å². The molecule has 152 valence electrons. The number of carbonyl (C=O) groups is 1. The molecule has 0 radical (unpaired) electrons. The zero-order valence-electron chi connectivity index (χ0n) is 15.5. The van der Waals surface area contributed by atoms with Crippen LogP contribution in [0.2, 0.25) is 4.34 Å². The number of hydrogen-bond acceptors (Lipinski definition) is 5. The first kappa shape index (κ1) is 21.1. The Morgan fingerprint density at radius 1 is 1.18 bits per heavy atom. The molecule has 0 aliphatic carbocycles. The third-order valence-corrected chi connectivity index (χ3v) is 6.86. The highest BCUT2D eigenvalue weighted by atomic mass is 35.5. The van der Waals surface area contributed by atoms with Crippen LogP contribution in [-0.4, -0.2) is 50.4 Å². The number of rotatable bonds is 5. The number of amides is 2. The minimum Gasteiger partial charge on any atom is -0.331 e. The molecule has 0 unspecified atom stereocenters. The Labute approximate surface area is 174 Å². The maximum Gasteiger partial charge on any atom is 0.317 e. The van der Waals surface area contributed by atoms with Gasteiger partial charge in [-0.3, -0.25) is 4.90 Å². The minimum atomic E-state index is -3.72. The van der Waals surface area contributed by atoms with E-state index in [2.05, 4.69) is 10.2 Å². The van der Waals surface area contributed by atoms with Gasteiger partial charge in [-0.1, -0.05) is 23.7 Å². The molecule has 0 spiro atoms. The molecule has 1 aliphatic heterocycles. The summed E-state index contributed by atoms with van der Waals surface area (Å²) in [6.45, 7) is 5.63. The Bertz CT molecular complexity index is 923. The Hall–Kier alpha value is -1.65. The van der Waals surface area contributed by atoms with Gasteiger partial charge in [0.25, 0.3) is 0 Å². The number of benzene rings is 1. The van der Waals surface area contributed by atoms with Gasteiger partial charge in [-0.15, -0.1) is 11.3 Å². The Kier molecular flexibility index (Phi) is 6.61. The molecule has 1 atom stereocenters. The summed E-state index contributed by atoms with van der Waals surface area (Å²) in [5.41, 5.74) is 0.814. The van der Waals surface area contributed by atoms with Gasteiger partial charge in [-0.2, -0.15) is 0 Å². The van der Waals surface area contributed by atoms with Crippen molar-refractivity contribution in [3.63, 3.8) is 0 Å². The van der Waals surface area contributed by atoms with Crippen LogP contribution in [0, 0.1) is 0 Å². The number of urea groups is 1. The molecule has 2 aromatic rings. The molecular formula is C18H23ClN4O3S2. The van der Waals surface area contributed by atoms with Gasteiger partial charge in [0.1, 0.15) is 0 Å². The lowest BCUT2D eigenvalue weighted by Gasteiger charge is -2.35. The fraction of sp³-hybridized carbons (Fsp3) is 0.389. The Morgan fingerprint density at radius 3 is 2.36 bits per heavy atom. The zero-order valence-corrected chi connectivity index (χ0v) is 17.9. The smallest absolute Gasteiger partial charge is 0.317 e. The molecule has 1 aromatic heterocycles. The maximum atomic E-state index is 12.5. The normalized spacial score (nSPS) is 16.8. The van der Waals surface area contributed by atoms with Gasteiger partial charge < -0.3 is 10.2 Å². The van der Waals surface area contributed by atoms with Gasteiger partial charge >= 0.3 is 6.03 Å². The van der Waals surface area contributed by atoms with Crippen molar-refractivity contribution in [3.05, 3.63) is 51.2 Å². The van der Waals surface area contributed by atoms with Crippen LogP contribution in [-0.2, 0) is 16.6 Å². The summed E-state index contributed by atoms with van der Waals surface area (Å²) in [6, 6.07) is 9.79. The molecule has 10 heteroatoms. The van der Waals surface area contributed by atoms with Crippen molar-refractivity contribution < 1.29 is 13.2 Å². The number of nitrogens with zero attached hydrogens (tertiary/aromatic N) is 2. The Morgan fingerprint density at radius 2 is 1.82 bits per heavy atom. The lowest BCUT2D eigenvalue weighted by molar-refractivity contribution is 0.134. The van der Waals surface area contributed by atoms with Gasteiger partial charge in [-0.25, -0.2) is 18.4 Å². The quantitative estimate of drug-likeness (QED) is 0.743. The van der Waals surface area contributed by atoms with E-state index in [1.54, 1.807) is 28.4 Å². The molecule has 2 heterocycles. The van der Waals surface area contributed by atoms with E-state index in [0.29, 0.717) is 13.1 Å². The molecule has 3 N–H and O–H groups in total. The van der Waals surface area contributed by atoms with Crippen LogP contribution in [0.15, 0.2) is 41.3 Å². The summed E-state index contributed by atoms with van der Waals surface area (Å²) >= 11 is 7.56. The number of nitrogens with one attached hydrogen (secondary N) is 1. The largest absolute Gasteiger partial charge is 0.331 e. The van der Waals surface area contributed by atoms with Crippen LogP contribution in [0.1, 0.15) is 23.4 Å². The van der Waals surface area contributed by atoms with Crippen molar-refractivity contribution in [2.24, 2.45) is 5.14 Å². The van der Waals surface area contributed by atoms with Crippen molar-refractivity contribution in [3.8, 4) is 0 Å². The van der Waals surface area contributed by atoms with Crippen LogP contribution in [0.3, 0.4) is 0 Å². The first-order valence-corrected chi connectivity index (χ1v) is 11.6. The summed E-state index contributed by atoms with van der Waals surface area (Å²) in [7, 11) is -3.72. The predicted molar refractivity (Wildman–Crippen MR) is 111 cm³/mol. The van der Waals surface area contributed by atoms with Crippen LogP contribution in [0.25, 0.3) is 0 Å². The molecule has 1 aromatic carbocycles. The maximum absolute atomic E-state index is 12.5. The summed E-state index contributed by atoms with van der Waals surface area (Å²) in [4.78, 5) is 17.9. The predicted octanol–water partition coefficient (Wildman–Crippen LogP) is 2.64. The summed E-state index contributed by atoms with van der Waals surface area (Å²) in [5, 5.41) is 8.07. The van der Waals surface area contributed by atoms with E-state index < -0.39 is 10.0 Å². The average molecular weight is 443 g/mol. The van der Waals surface area contributed by atoms with Gasteiger partial charge in [0.05, 0.1) is 15.3 Å².